The molecule has 1 amide bonds. The molecule has 2 N–H and O–H groups in total. The monoisotopic (exact) mass is 442 g/mol. The zero-order valence-electron chi connectivity index (χ0n) is 18.9. The molecule has 0 aromatic heterocycles. The number of ether oxygens (including phenoxy) is 2. The minimum absolute atomic E-state index is 0.117. The molecular weight excluding hydrogens is 412 g/mol. The molecule has 0 spiro atoms. The van der Waals surface area contributed by atoms with Gasteiger partial charge >= 0.3 is 0 Å². The molecule has 1 aliphatic rings. The molecule has 0 heterocycles. The fourth-order valence-corrected chi connectivity index (χ4v) is 3.91. The molecule has 4 rings (SSSR count). The van der Waals surface area contributed by atoms with Gasteiger partial charge in [-0.3, -0.25) is 4.79 Å². The Morgan fingerprint density at radius 1 is 0.939 bits per heavy atom. The smallest absolute Gasteiger partial charge is 0.255 e. The van der Waals surface area contributed by atoms with Crippen LogP contribution in [0.3, 0.4) is 0 Å². The van der Waals surface area contributed by atoms with Gasteiger partial charge in [0.05, 0.1) is 13.2 Å². The van der Waals surface area contributed by atoms with Crippen LogP contribution >= 0.6 is 0 Å². The molecule has 1 fully saturated rings. The van der Waals surface area contributed by atoms with Gasteiger partial charge in [0.25, 0.3) is 5.91 Å². The van der Waals surface area contributed by atoms with Gasteiger partial charge in [-0.15, -0.1) is 0 Å². The van der Waals surface area contributed by atoms with Crippen LogP contribution in [0.1, 0.15) is 41.6 Å². The van der Waals surface area contributed by atoms with E-state index in [9.17, 15) is 4.79 Å². The molecule has 0 bridgehead atoms. The van der Waals surface area contributed by atoms with E-state index in [-0.39, 0.29) is 12.0 Å². The largest absolute Gasteiger partial charge is 0.493 e. The Morgan fingerprint density at radius 3 is 2.42 bits per heavy atom. The normalized spacial score (nSPS) is 13.7. The fourth-order valence-electron chi connectivity index (χ4n) is 3.91. The number of carbonyl (C=O) groups excluding carboxylic acids is 1. The zero-order chi connectivity index (χ0) is 22.9. The topological polar surface area (TPSA) is 59.6 Å². The molecule has 0 aliphatic heterocycles. The molecule has 3 aromatic rings. The van der Waals surface area contributed by atoms with Crippen molar-refractivity contribution in [3.8, 4) is 11.5 Å². The first-order valence-corrected chi connectivity index (χ1v) is 11.4. The maximum atomic E-state index is 12.4. The first kappa shape index (κ1) is 22.5. The molecule has 3 aromatic carbocycles. The highest BCUT2D eigenvalue weighted by atomic mass is 16.5. The van der Waals surface area contributed by atoms with Gasteiger partial charge in [-0.25, -0.2) is 0 Å². The van der Waals surface area contributed by atoms with E-state index in [2.05, 4.69) is 16.7 Å². The number of hydrogen-bond acceptors (Lipinski definition) is 4. The van der Waals surface area contributed by atoms with Crippen LogP contribution in [0.4, 0.5) is 11.4 Å². The lowest BCUT2D eigenvalue weighted by atomic mass is 10.1. The van der Waals surface area contributed by atoms with Crippen molar-refractivity contribution in [1.82, 2.24) is 0 Å². The number of benzene rings is 3. The SMILES string of the molecule is COc1ccc(NCC=Cc2ccc(C(=O)Nc3ccccc3)cc2)cc1OC1CCCC1. The standard InChI is InChI=1S/C28H30N2O3/c1-32-26-18-17-24(20-27(26)33-25-11-5-6-12-25)29-19-7-8-21-13-15-22(16-14-21)28(31)30-23-9-3-2-4-10-23/h2-4,7-10,13-18,20,25,29H,5-6,11-12,19H2,1H3,(H,30,31). The lowest BCUT2D eigenvalue weighted by Gasteiger charge is -2.17. The lowest BCUT2D eigenvalue weighted by Crippen LogP contribution is -2.12. The maximum absolute atomic E-state index is 12.4. The number of rotatable bonds is 9. The molecule has 0 unspecified atom stereocenters. The van der Waals surface area contributed by atoms with Crippen LogP contribution in [0.2, 0.25) is 0 Å². The molecular formula is C28H30N2O3. The van der Waals surface area contributed by atoms with Gasteiger partial charge in [0.15, 0.2) is 11.5 Å². The van der Waals surface area contributed by atoms with Gasteiger partial charge < -0.3 is 20.1 Å². The highest BCUT2D eigenvalue weighted by Crippen LogP contribution is 2.33. The van der Waals surface area contributed by atoms with Gasteiger partial charge in [-0.1, -0.05) is 42.5 Å². The van der Waals surface area contributed by atoms with E-state index in [0.29, 0.717) is 12.1 Å². The molecule has 0 saturated heterocycles. The highest BCUT2D eigenvalue weighted by molar-refractivity contribution is 6.04. The molecule has 5 nitrogen and oxygen atoms in total. The summed E-state index contributed by atoms with van der Waals surface area (Å²) < 4.78 is 11.6. The minimum Gasteiger partial charge on any atom is -0.493 e. The van der Waals surface area contributed by atoms with Gasteiger partial charge in [-0.2, -0.15) is 0 Å². The summed E-state index contributed by atoms with van der Waals surface area (Å²) in [4.78, 5) is 12.4. The van der Waals surface area contributed by atoms with Crippen molar-refractivity contribution < 1.29 is 14.3 Å². The van der Waals surface area contributed by atoms with E-state index < -0.39 is 0 Å². The average Bonchev–Trinajstić information content (AvgIpc) is 3.36. The molecule has 0 radical (unpaired) electrons. The van der Waals surface area contributed by atoms with Crippen LogP contribution in [-0.2, 0) is 0 Å². The van der Waals surface area contributed by atoms with Crippen LogP contribution in [0.15, 0.2) is 78.9 Å². The summed E-state index contributed by atoms with van der Waals surface area (Å²) in [5.74, 6) is 1.44. The summed E-state index contributed by atoms with van der Waals surface area (Å²) in [6.07, 6.45) is 9.05. The molecule has 0 atom stereocenters. The number of hydrogen-bond donors (Lipinski definition) is 2. The first-order chi connectivity index (χ1) is 16.2. The van der Waals surface area contributed by atoms with Crippen LogP contribution in [0.25, 0.3) is 6.08 Å². The van der Waals surface area contributed by atoms with E-state index in [1.165, 1.54) is 12.8 Å². The third-order valence-electron chi connectivity index (χ3n) is 5.70. The number of nitrogens with one attached hydrogen (secondary N) is 2. The predicted octanol–water partition coefficient (Wildman–Crippen LogP) is 6.39. The summed E-state index contributed by atoms with van der Waals surface area (Å²) >= 11 is 0. The van der Waals surface area contributed by atoms with Crippen LogP contribution in [0.5, 0.6) is 11.5 Å². The second-order valence-corrected chi connectivity index (χ2v) is 8.12. The van der Waals surface area contributed by atoms with Crippen molar-refractivity contribution in [2.24, 2.45) is 0 Å². The molecule has 1 saturated carbocycles. The van der Waals surface area contributed by atoms with Crippen molar-refractivity contribution in [3.63, 3.8) is 0 Å². The summed E-state index contributed by atoms with van der Waals surface area (Å²) in [5, 5.41) is 6.30. The zero-order valence-corrected chi connectivity index (χ0v) is 18.9. The summed E-state index contributed by atoms with van der Waals surface area (Å²) in [6.45, 7) is 0.672. The van der Waals surface area contributed by atoms with Gasteiger partial charge in [0.1, 0.15) is 0 Å². The number of methoxy groups -OCH3 is 1. The van der Waals surface area contributed by atoms with E-state index in [1.54, 1.807) is 7.11 Å². The molecule has 1 aliphatic carbocycles. The van der Waals surface area contributed by atoms with Crippen molar-refractivity contribution >= 4 is 23.4 Å². The second kappa shape index (κ2) is 11.2. The van der Waals surface area contributed by atoms with E-state index in [0.717, 1.165) is 41.3 Å². The van der Waals surface area contributed by atoms with E-state index >= 15 is 0 Å². The Hall–Kier alpha value is -3.73. The molecule has 170 valence electrons. The summed E-state index contributed by atoms with van der Waals surface area (Å²) in [7, 11) is 1.67. The predicted molar refractivity (Wildman–Crippen MR) is 134 cm³/mol. The van der Waals surface area contributed by atoms with Crippen LogP contribution in [0, 0.1) is 0 Å². The lowest BCUT2D eigenvalue weighted by molar-refractivity contribution is 0.102. The average molecular weight is 443 g/mol. The summed E-state index contributed by atoms with van der Waals surface area (Å²) in [5.41, 5.74) is 3.43. The van der Waals surface area contributed by atoms with Crippen LogP contribution < -0.4 is 20.1 Å². The molecule has 33 heavy (non-hydrogen) atoms. The number of amides is 1. The third-order valence-corrected chi connectivity index (χ3v) is 5.70. The second-order valence-electron chi connectivity index (χ2n) is 8.12. The van der Waals surface area contributed by atoms with Crippen molar-refractivity contribution in [1.29, 1.82) is 0 Å². The van der Waals surface area contributed by atoms with Crippen LogP contribution in [-0.4, -0.2) is 25.7 Å². The Kier molecular flexibility index (Phi) is 7.64. The highest BCUT2D eigenvalue weighted by Gasteiger charge is 2.18. The number of anilines is 2. The van der Waals surface area contributed by atoms with Gasteiger partial charge in [-0.05, 0) is 67.6 Å². The minimum atomic E-state index is -0.117. The van der Waals surface area contributed by atoms with E-state index in [4.69, 9.17) is 9.47 Å². The van der Waals surface area contributed by atoms with Crippen molar-refractivity contribution in [2.75, 3.05) is 24.3 Å². The fraction of sp³-hybridized carbons (Fsp3) is 0.250. The quantitative estimate of drug-likeness (QED) is 0.403. The number of para-hydroxylation sites is 1. The summed E-state index contributed by atoms with van der Waals surface area (Å²) in [6, 6.07) is 22.9. The maximum Gasteiger partial charge on any atom is 0.255 e. The Bertz CT molecular complexity index is 1070. The van der Waals surface area contributed by atoms with E-state index in [1.807, 2.05) is 78.9 Å². The Labute approximate surface area is 195 Å². The van der Waals surface area contributed by atoms with Crippen molar-refractivity contribution in [3.05, 3.63) is 90.0 Å². The Morgan fingerprint density at radius 2 is 1.70 bits per heavy atom. The molecule has 5 heteroatoms. The Balaban J connectivity index is 1.30. The first-order valence-electron chi connectivity index (χ1n) is 11.4. The van der Waals surface area contributed by atoms with Gasteiger partial charge in [0.2, 0.25) is 0 Å². The third kappa shape index (κ3) is 6.39. The number of carbonyl (C=O) groups is 1. The van der Waals surface area contributed by atoms with Gasteiger partial charge in [0, 0.05) is 29.5 Å². The van der Waals surface area contributed by atoms with Crippen molar-refractivity contribution in [2.45, 2.75) is 31.8 Å².